The largest absolute Gasteiger partial charge is 0.456 e. The molecule has 2 aliphatic rings. The number of fused-ring (bicyclic) bond motifs is 1. The minimum Gasteiger partial charge on any atom is -0.456 e. The molecule has 0 aromatic heterocycles. The van der Waals surface area contributed by atoms with Crippen LogP contribution in [0.2, 0.25) is 0 Å². The Morgan fingerprint density at radius 1 is 1.58 bits per heavy atom. The fourth-order valence-corrected chi connectivity index (χ4v) is 2.41. The fraction of sp³-hybridized carbons (Fsp3) is 0.889. The van der Waals surface area contributed by atoms with Gasteiger partial charge < -0.3 is 9.84 Å². The maximum atomic E-state index is 11.0. The van der Waals surface area contributed by atoms with Gasteiger partial charge in [0, 0.05) is 5.92 Å². The quantitative estimate of drug-likeness (QED) is 0.593. The molecule has 1 heterocycles. The van der Waals surface area contributed by atoms with Gasteiger partial charge in [-0.3, -0.25) is 4.79 Å². The number of carbonyl (C=O) groups is 1. The number of rotatable bonds is 1. The van der Waals surface area contributed by atoms with Crippen LogP contribution in [0, 0.1) is 5.92 Å². The van der Waals surface area contributed by atoms with Crippen molar-refractivity contribution < 1.29 is 14.6 Å². The van der Waals surface area contributed by atoms with Crippen molar-refractivity contribution in [3.63, 3.8) is 0 Å². The van der Waals surface area contributed by atoms with E-state index in [0.717, 1.165) is 19.3 Å². The molecular formula is C9H14O3. The molecule has 2 rings (SSSR count). The van der Waals surface area contributed by atoms with Crippen LogP contribution >= 0.6 is 0 Å². The fourth-order valence-electron chi connectivity index (χ4n) is 2.41. The van der Waals surface area contributed by atoms with Crippen LogP contribution in [0.3, 0.4) is 0 Å². The van der Waals surface area contributed by atoms with Crippen LogP contribution in [0.1, 0.15) is 32.1 Å². The number of hydrogen-bond acceptors (Lipinski definition) is 3. The molecule has 0 spiro atoms. The molecule has 3 heteroatoms. The smallest absolute Gasteiger partial charge is 0.306 e. The number of carbonyl (C=O) groups excluding carboxylic acids is 1. The molecule has 3 nitrogen and oxygen atoms in total. The Bertz CT molecular complexity index is 202. The first-order valence-corrected chi connectivity index (χ1v) is 4.59. The zero-order chi connectivity index (χ0) is 8.60. The van der Waals surface area contributed by atoms with Gasteiger partial charge in [0.2, 0.25) is 0 Å². The Morgan fingerprint density at radius 3 is 3.08 bits per heavy atom. The lowest BCUT2D eigenvalue weighted by Crippen LogP contribution is -2.41. The van der Waals surface area contributed by atoms with Crippen molar-refractivity contribution in [3.05, 3.63) is 0 Å². The lowest BCUT2D eigenvalue weighted by Gasteiger charge is -2.35. The molecule has 1 aliphatic heterocycles. The molecule has 1 N–H and O–H groups in total. The molecule has 1 saturated heterocycles. The molecule has 1 aliphatic carbocycles. The number of ether oxygens (including phenoxy) is 1. The molecule has 0 aromatic rings. The van der Waals surface area contributed by atoms with E-state index in [9.17, 15) is 9.90 Å². The highest BCUT2D eigenvalue weighted by molar-refractivity contribution is 5.73. The third-order valence-corrected chi connectivity index (χ3v) is 3.14. The number of esters is 1. The highest BCUT2D eigenvalue weighted by Crippen LogP contribution is 2.43. The van der Waals surface area contributed by atoms with E-state index in [-0.39, 0.29) is 18.5 Å². The summed E-state index contributed by atoms with van der Waals surface area (Å²) in [7, 11) is 0. The van der Waals surface area contributed by atoms with Crippen LogP contribution in [0.15, 0.2) is 0 Å². The summed E-state index contributed by atoms with van der Waals surface area (Å²) in [5, 5.41) is 9.19. The standard InChI is InChI=1S/C9H14O3/c10-6-9-4-2-1-3-7(9)5-8(11)12-9/h7,10H,1-6H2/t7-,9+/m0/s1. The average Bonchev–Trinajstić information content (AvgIpc) is 2.41. The molecule has 0 aromatic carbocycles. The summed E-state index contributed by atoms with van der Waals surface area (Å²) in [6.45, 7) is 0.00338. The van der Waals surface area contributed by atoms with Crippen molar-refractivity contribution >= 4 is 5.97 Å². The lowest BCUT2D eigenvalue weighted by molar-refractivity contribution is -0.155. The van der Waals surface area contributed by atoms with Gasteiger partial charge in [0.05, 0.1) is 13.0 Å². The zero-order valence-corrected chi connectivity index (χ0v) is 7.08. The number of hydrogen-bond donors (Lipinski definition) is 1. The zero-order valence-electron chi connectivity index (χ0n) is 7.08. The van der Waals surface area contributed by atoms with Crippen LogP contribution in [0.25, 0.3) is 0 Å². The van der Waals surface area contributed by atoms with E-state index in [1.54, 1.807) is 0 Å². The summed E-state index contributed by atoms with van der Waals surface area (Å²) < 4.78 is 5.21. The van der Waals surface area contributed by atoms with E-state index in [1.165, 1.54) is 6.42 Å². The summed E-state index contributed by atoms with van der Waals surface area (Å²) in [4.78, 5) is 11.0. The summed E-state index contributed by atoms with van der Waals surface area (Å²) in [6.07, 6.45) is 4.64. The minimum absolute atomic E-state index is 0.00338. The molecule has 0 radical (unpaired) electrons. The van der Waals surface area contributed by atoms with Gasteiger partial charge in [-0.15, -0.1) is 0 Å². The molecule has 0 amide bonds. The monoisotopic (exact) mass is 170 g/mol. The summed E-state index contributed by atoms with van der Waals surface area (Å²) in [5.74, 6) is 0.153. The summed E-state index contributed by atoms with van der Waals surface area (Å²) in [5.41, 5.74) is -0.491. The second-order valence-corrected chi connectivity index (χ2v) is 3.84. The summed E-state index contributed by atoms with van der Waals surface area (Å²) >= 11 is 0. The Labute approximate surface area is 71.7 Å². The van der Waals surface area contributed by atoms with Gasteiger partial charge in [-0.1, -0.05) is 6.42 Å². The van der Waals surface area contributed by atoms with Crippen molar-refractivity contribution in [2.24, 2.45) is 5.92 Å². The summed E-state index contributed by atoms with van der Waals surface area (Å²) in [6, 6.07) is 0. The predicted octanol–water partition coefficient (Wildman–Crippen LogP) is 0.855. The van der Waals surface area contributed by atoms with Gasteiger partial charge in [-0.2, -0.15) is 0 Å². The van der Waals surface area contributed by atoms with Crippen molar-refractivity contribution in [1.29, 1.82) is 0 Å². The third kappa shape index (κ3) is 1.04. The first kappa shape index (κ1) is 8.05. The average molecular weight is 170 g/mol. The van der Waals surface area contributed by atoms with Gasteiger partial charge in [-0.05, 0) is 19.3 Å². The minimum atomic E-state index is -0.491. The van der Waals surface area contributed by atoms with E-state index in [2.05, 4.69) is 0 Å². The van der Waals surface area contributed by atoms with Crippen molar-refractivity contribution in [2.75, 3.05) is 6.61 Å². The Kier molecular flexibility index (Phi) is 1.83. The predicted molar refractivity (Wildman–Crippen MR) is 42.5 cm³/mol. The third-order valence-electron chi connectivity index (χ3n) is 3.14. The molecule has 1 saturated carbocycles. The van der Waals surface area contributed by atoms with Crippen LogP contribution in [-0.4, -0.2) is 23.3 Å². The van der Waals surface area contributed by atoms with Crippen molar-refractivity contribution in [1.82, 2.24) is 0 Å². The Balaban J connectivity index is 2.19. The molecule has 0 bridgehead atoms. The van der Waals surface area contributed by atoms with E-state index < -0.39 is 5.60 Å². The van der Waals surface area contributed by atoms with Gasteiger partial charge >= 0.3 is 5.97 Å². The van der Waals surface area contributed by atoms with E-state index >= 15 is 0 Å². The number of aliphatic hydroxyl groups is 1. The Morgan fingerprint density at radius 2 is 2.42 bits per heavy atom. The highest BCUT2D eigenvalue weighted by atomic mass is 16.6. The van der Waals surface area contributed by atoms with Gasteiger partial charge in [0.25, 0.3) is 0 Å². The molecule has 68 valence electrons. The van der Waals surface area contributed by atoms with Crippen LogP contribution in [0.4, 0.5) is 0 Å². The topological polar surface area (TPSA) is 46.5 Å². The number of aliphatic hydroxyl groups excluding tert-OH is 1. The van der Waals surface area contributed by atoms with Gasteiger partial charge in [-0.25, -0.2) is 0 Å². The van der Waals surface area contributed by atoms with E-state index in [0.29, 0.717) is 6.42 Å². The Hall–Kier alpha value is -0.570. The molecule has 12 heavy (non-hydrogen) atoms. The first-order valence-electron chi connectivity index (χ1n) is 4.59. The van der Waals surface area contributed by atoms with E-state index in [4.69, 9.17) is 4.74 Å². The maximum absolute atomic E-state index is 11.0. The molecular weight excluding hydrogens is 156 g/mol. The van der Waals surface area contributed by atoms with Crippen molar-refractivity contribution in [2.45, 2.75) is 37.7 Å². The SMILES string of the molecule is O=C1C[C@@H]2CCCC[C@]2(CO)O1. The van der Waals surface area contributed by atoms with Gasteiger partial charge in [0.1, 0.15) is 5.60 Å². The normalized spacial score (nSPS) is 40.8. The molecule has 2 fully saturated rings. The maximum Gasteiger partial charge on any atom is 0.306 e. The van der Waals surface area contributed by atoms with Crippen LogP contribution in [-0.2, 0) is 9.53 Å². The molecule has 2 atom stereocenters. The van der Waals surface area contributed by atoms with Gasteiger partial charge in [0.15, 0.2) is 0 Å². The second-order valence-electron chi connectivity index (χ2n) is 3.84. The van der Waals surface area contributed by atoms with Crippen LogP contribution in [0.5, 0.6) is 0 Å². The lowest BCUT2D eigenvalue weighted by atomic mass is 9.76. The van der Waals surface area contributed by atoms with E-state index in [1.807, 2.05) is 0 Å². The van der Waals surface area contributed by atoms with Crippen LogP contribution < -0.4 is 0 Å². The second kappa shape index (κ2) is 2.73. The highest BCUT2D eigenvalue weighted by Gasteiger charge is 2.49. The molecule has 0 unspecified atom stereocenters. The first-order chi connectivity index (χ1) is 5.77. The van der Waals surface area contributed by atoms with Crippen molar-refractivity contribution in [3.8, 4) is 0 Å².